The van der Waals surface area contributed by atoms with E-state index in [9.17, 15) is 17.6 Å². The summed E-state index contributed by atoms with van der Waals surface area (Å²) in [4.78, 5) is 10.3. The highest BCUT2D eigenvalue weighted by Crippen LogP contribution is 2.25. The van der Waals surface area contributed by atoms with Gasteiger partial charge in [-0.1, -0.05) is 11.6 Å². The molecule has 116 valence electrons. The van der Waals surface area contributed by atoms with Gasteiger partial charge in [-0.15, -0.1) is 0 Å². The molecular formula is C13H11ClFN3O3S. The minimum absolute atomic E-state index is 0.0964. The Morgan fingerprint density at radius 1 is 1.09 bits per heavy atom. The average molecular weight is 344 g/mol. The molecule has 2 aromatic carbocycles. The molecule has 0 atom stereocenters. The first-order chi connectivity index (χ1) is 10.3. The number of carbonyl (C=O) groups is 1. The topological polar surface area (TPSA) is 101 Å². The van der Waals surface area contributed by atoms with Gasteiger partial charge in [0.25, 0.3) is 10.0 Å². The van der Waals surface area contributed by atoms with Crippen LogP contribution in [-0.2, 0) is 10.0 Å². The Morgan fingerprint density at radius 3 is 2.27 bits per heavy atom. The van der Waals surface area contributed by atoms with Crippen molar-refractivity contribution in [3.8, 4) is 0 Å². The fourth-order valence-electron chi connectivity index (χ4n) is 1.66. The number of nitrogens with one attached hydrogen (secondary N) is 2. The second-order valence-electron chi connectivity index (χ2n) is 4.25. The maximum absolute atomic E-state index is 13.2. The van der Waals surface area contributed by atoms with E-state index in [1.165, 1.54) is 24.3 Å². The maximum atomic E-state index is 13.2. The molecule has 0 radical (unpaired) electrons. The summed E-state index contributed by atoms with van der Waals surface area (Å²) in [5.74, 6) is -0.717. The summed E-state index contributed by atoms with van der Waals surface area (Å²) in [5.41, 5.74) is 5.58. The van der Waals surface area contributed by atoms with Crippen LogP contribution >= 0.6 is 11.6 Å². The number of benzene rings is 2. The van der Waals surface area contributed by atoms with Crippen LogP contribution in [0.5, 0.6) is 0 Å². The maximum Gasteiger partial charge on any atom is 0.316 e. The Morgan fingerprint density at radius 2 is 1.68 bits per heavy atom. The normalized spacial score (nSPS) is 11.0. The molecule has 2 rings (SSSR count). The third-order valence-corrected chi connectivity index (χ3v) is 4.45. The van der Waals surface area contributed by atoms with Gasteiger partial charge in [-0.05, 0) is 42.5 Å². The van der Waals surface area contributed by atoms with E-state index in [0.29, 0.717) is 5.69 Å². The summed E-state index contributed by atoms with van der Waals surface area (Å²) in [5, 5.41) is 2.24. The van der Waals surface area contributed by atoms with E-state index in [1.54, 1.807) is 0 Å². The van der Waals surface area contributed by atoms with Crippen molar-refractivity contribution in [2.45, 2.75) is 4.90 Å². The van der Waals surface area contributed by atoms with Gasteiger partial charge in [0.2, 0.25) is 0 Å². The zero-order chi connectivity index (χ0) is 16.3. The zero-order valence-electron chi connectivity index (χ0n) is 11.0. The van der Waals surface area contributed by atoms with Crippen LogP contribution in [0.1, 0.15) is 0 Å². The predicted molar refractivity (Wildman–Crippen MR) is 81.9 cm³/mol. The van der Waals surface area contributed by atoms with Crippen molar-refractivity contribution in [3.63, 3.8) is 0 Å². The molecule has 22 heavy (non-hydrogen) atoms. The largest absolute Gasteiger partial charge is 0.351 e. The zero-order valence-corrected chi connectivity index (χ0v) is 12.6. The molecule has 9 heteroatoms. The highest BCUT2D eigenvalue weighted by molar-refractivity contribution is 7.92. The summed E-state index contributed by atoms with van der Waals surface area (Å²) in [6.07, 6.45) is 0. The summed E-state index contributed by atoms with van der Waals surface area (Å²) < 4.78 is 39.8. The highest BCUT2D eigenvalue weighted by Gasteiger charge is 2.19. The highest BCUT2D eigenvalue weighted by atomic mass is 35.5. The van der Waals surface area contributed by atoms with Gasteiger partial charge in [0.1, 0.15) is 10.7 Å². The Hall–Kier alpha value is -2.32. The van der Waals surface area contributed by atoms with Gasteiger partial charge in [-0.2, -0.15) is 0 Å². The van der Waals surface area contributed by atoms with Crippen molar-refractivity contribution < 1.29 is 17.6 Å². The van der Waals surface area contributed by atoms with Crippen LogP contribution in [0.3, 0.4) is 0 Å². The molecule has 0 aliphatic heterocycles. The van der Waals surface area contributed by atoms with Crippen LogP contribution in [0.15, 0.2) is 47.4 Å². The lowest BCUT2D eigenvalue weighted by atomic mass is 10.3. The van der Waals surface area contributed by atoms with E-state index in [1.807, 2.05) is 0 Å². The number of urea groups is 1. The monoisotopic (exact) mass is 343 g/mol. The molecule has 2 amide bonds. The molecule has 0 saturated heterocycles. The fourth-order valence-corrected chi connectivity index (χ4v) is 3.23. The molecule has 0 fully saturated rings. The van der Waals surface area contributed by atoms with Crippen LogP contribution in [0.2, 0.25) is 5.02 Å². The van der Waals surface area contributed by atoms with Crippen molar-refractivity contribution in [2.75, 3.05) is 10.0 Å². The number of halogens is 2. The third kappa shape index (κ3) is 3.86. The van der Waals surface area contributed by atoms with Crippen LogP contribution < -0.4 is 15.8 Å². The van der Waals surface area contributed by atoms with Crippen molar-refractivity contribution >= 4 is 39.0 Å². The second kappa shape index (κ2) is 6.20. The third-order valence-electron chi connectivity index (χ3n) is 2.59. The van der Waals surface area contributed by atoms with Gasteiger partial charge in [-0.3, -0.25) is 4.72 Å². The molecule has 0 bridgehead atoms. The number of amides is 2. The van der Waals surface area contributed by atoms with Crippen molar-refractivity contribution in [1.29, 1.82) is 0 Å². The van der Waals surface area contributed by atoms with E-state index in [-0.39, 0.29) is 15.6 Å². The summed E-state index contributed by atoms with van der Waals surface area (Å²) in [6, 6.07) is 8.04. The van der Waals surface area contributed by atoms with Gasteiger partial charge < -0.3 is 11.1 Å². The number of carbonyl (C=O) groups excluding carboxylic acids is 1. The number of rotatable bonds is 4. The van der Waals surface area contributed by atoms with E-state index < -0.39 is 21.9 Å². The Bertz CT molecular complexity index is 810. The number of primary amides is 1. The number of sulfonamides is 1. The lowest BCUT2D eigenvalue weighted by Gasteiger charge is -2.10. The number of hydrogen-bond acceptors (Lipinski definition) is 3. The van der Waals surface area contributed by atoms with E-state index in [0.717, 1.165) is 18.2 Å². The molecule has 0 aliphatic rings. The van der Waals surface area contributed by atoms with E-state index in [4.69, 9.17) is 17.3 Å². The lowest BCUT2D eigenvalue weighted by Crippen LogP contribution is -2.19. The molecule has 0 spiro atoms. The molecule has 0 saturated carbocycles. The Balaban J connectivity index is 2.25. The van der Waals surface area contributed by atoms with E-state index in [2.05, 4.69) is 10.0 Å². The van der Waals surface area contributed by atoms with Gasteiger partial charge in [-0.25, -0.2) is 17.6 Å². The predicted octanol–water partition coefficient (Wildman–Crippen LogP) is 2.77. The molecule has 0 aliphatic carbocycles. The minimum atomic E-state index is -4.04. The second-order valence-corrected chi connectivity index (χ2v) is 6.30. The van der Waals surface area contributed by atoms with Crippen LogP contribution in [0.4, 0.5) is 20.6 Å². The van der Waals surface area contributed by atoms with Gasteiger partial charge >= 0.3 is 6.03 Å². The quantitative estimate of drug-likeness (QED) is 0.795. The first kappa shape index (κ1) is 16.1. The first-order valence-electron chi connectivity index (χ1n) is 5.92. The number of anilines is 2. The molecule has 4 N–H and O–H groups in total. The minimum Gasteiger partial charge on any atom is -0.351 e. The van der Waals surface area contributed by atoms with Crippen molar-refractivity contribution in [2.24, 2.45) is 5.73 Å². The van der Waals surface area contributed by atoms with Gasteiger partial charge in [0.05, 0.1) is 5.02 Å². The number of hydrogen-bond donors (Lipinski definition) is 3. The lowest BCUT2D eigenvalue weighted by molar-refractivity contribution is 0.259. The van der Waals surface area contributed by atoms with Crippen LogP contribution in [0, 0.1) is 5.82 Å². The molecule has 6 nitrogen and oxygen atoms in total. The Labute approximate surface area is 131 Å². The standard InChI is InChI=1S/C13H11ClFN3O3S/c14-11-6-1-8(15)7-12(11)22(20,21)18-10-4-2-9(3-5-10)17-13(16)19/h1-7,18H,(H3,16,17,19). The van der Waals surface area contributed by atoms with Gasteiger partial charge in [0, 0.05) is 11.4 Å². The summed E-state index contributed by atoms with van der Waals surface area (Å²) in [7, 11) is -4.04. The smallest absolute Gasteiger partial charge is 0.316 e. The molecular weight excluding hydrogens is 333 g/mol. The van der Waals surface area contributed by atoms with Crippen LogP contribution in [0.25, 0.3) is 0 Å². The SMILES string of the molecule is NC(=O)Nc1ccc(NS(=O)(=O)c2cc(F)ccc2Cl)cc1. The average Bonchev–Trinajstić information content (AvgIpc) is 2.43. The van der Waals surface area contributed by atoms with Crippen molar-refractivity contribution in [1.82, 2.24) is 0 Å². The number of nitrogens with two attached hydrogens (primary N) is 1. The first-order valence-corrected chi connectivity index (χ1v) is 7.78. The van der Waals surface area contributed by atoms with Crippen LogP contribution in [-0.4, -0.2) is 14.4 Å². The molecule has 0 unspecified atom stereocenters. The summed E-state index contributed by atoms with van der Waals surface area (Å²) >= 11 is 5.78. The fraction of sp³-hybridized carbons (Fsp3) is 0. The Kier molecular flexibility index (Phi) is 4.53. The van der Waals surface area contributed by atoms with Crippen molar-refractivity contribution in [3.05, 3.63) is 53.3 Å². The summed E-state index contributed by atoms with van der Waals surface area (Å²) in [6.45, 7) is 0. The molecule has 0 aromatic heterocycles. The molecule has 0 heterocycles. The van der Waals surface area contributed by atoms with Gasteiger partial charge in [0.15, 0.2) is 0 Å². The molecule has 2 aromatic rings. The van der Waals surface area contributed by atoms with E-state index >= 15 is 0 Å².